The van der Waals surface area contributed by atoms with Gasteiger partial charge in [-0.05, 0) is 91.9 Å². The Morgan fingerprint density at radius 3 is 2.70 bits per heavy atom. The fraction of sp³-hybridized carbons (Fsp3) is 0.571. The van der Waals surface area contributed by atoms with Crippen molar-refractivity contribution in [3.63, 3.8) is 0 Å². The number of hydrogen-bond acceptors (Lipinski definition) is 4. The Balaban J connectivity index is 1.39. The van der Waals surface area contributed by atoms with E-state index in [2.05, 4.69) is 24.9 Å². The first-order valence-corrected chi connectivity index (χ1v) is 12.3. The van der Waals surface area contributed by atoms with Gasteiger partial charge in [-0.15, -0.1) is 0 Å². The fourth-order valence-electron chi connectivity index (χ4n) is 8.10. The molecule has 0 amide bonds. The monoisotopic (exact) mass is 447 g/mol. The van der Waals surface area contributed by atoms with Crippen LogP contribution >= 0.6 is 0 Å². The Morgan fingerprint density at radius 1 is 1.15 bits per heavy atom. The summed E-state index contributed by atoms with van der Waals surface area (Å²) in [5, 5.41) is 9.50. The Labute approximate surface area is 195 Å². The Bertz CT molecular complexity index is 1100. The van der Waals surface area contributed by atoms with Crippen molar-refractivity contribution in [1.82, 2.24) is 4.98 Å². The summed E-state index contributed by atoms with van der Waals surface area (Å²) in [5.74, 6) is 0.867. The lowest BCUT2D eigenvalue weighted by atomic mass is 9.47. The Hall–Kier alpha value is -2.56. The van der Waals surface area contributed by atoms with Crippen LogP contribution in [0.4, 0.5) is 0 Å². The number of fused-ring (bicyclic) bond motifs is 5. The van der Waals surface area contributed by atoms with E-state index < -0.39 is 5.97 Å². The van der Waals surface area contributed by atoms with Gasteiger partial charge in [0.05, 0.1) is 5.56 Å². The number of aromatic nitrogens is 1. The second-order valence-electron chi connectivity index (χ2n) is 11.2. The van der Waals surface area contributed by atoms with E-state index in [1.165, 1.54) is 24.0 Å². The van der Waals surface area contributed by atoms with Crippen LogP contribution in [-0.2, 0) is 16.0 Å². The van der Waals surface area contributed by atoms with Gasteiger partial charge in [-0.1, -0.05) is 25.5 Å². The molecule has 3 saturated carbocycles. The summed E-state index contributed by atoms with van der Waals surface area (Å²) in [4.78, 5) is 41.5. The molecule has 4 aliphatic rings. The average molecular weight is 448 g/mol. The lowest BCUT2D eigenvalue weighted by Gasteiger charge is -2.57. The first kappa shape index (κ1) is 22.2. The second-order valence-corrected chi connectivity index (χ2v) is 11.2. The van der Waals surface area contributed by atoms with Crippen LogP contribution in [-0.4, -0.2) is 27.6 Å². The molecule has 5 heteroatoms. The molecule has 1 heterocycles. The largest absolute Gasteiger partial charge is 0.478 e. The van der Waals surface area contributed by atoms with Crippen LogP contribution in [0, 0.1) is 34.5 Å². The lowest BCUT2D eigenvalue weighted by Crippen LogP contribution is -2.50. The van der Waals surface area contributed by atoms with Gasteiger partial charge in [0.2, 0.25) is 0 Å². The maximum Gasteiger partial charge on any atom is 0.336 e. The number of ketones is 2. The highest BCUT2D eigenvalue weighted by molar-refractivity contribution is 6.05. The number of carbonyl (C=O) groups is 3. The number of hydrogen-bond donors (Lipinski definition) is 1. The predicted octanol–water partition coefficient (Wildman–Crippen LogP) is 5.21. The summed E-state index contributed by atoms with van der Waals surface area (Å²) in [5.41, 5.74) is 2.77. The molecule has 3 fully saturated rings. The van der Waals surface area contributed by atoms with Crippen molar-refractivity contribution in [1.29, 1.82) is 0 Å². The predicted molar refractivity (Wildman–Crippen MR) is 125 cm³/mol. The molecule has 0 spiro atoms. The molecule has 5 rings (SSSR count). The van der Waals surface area contributed by atoms with Crippen molar-refractivity contribution in [3.8, 4) is 0 Å². The van der Waals surface area contributed by atoms with E-state index in [9.17, 15) is 19.5 Å². The van der Waals surface area contributed by atoms with Crippen LogP contribution in [0.1, 0.15) is 75.2 Å². The topological polar surface area (TPSA) is 84.3 Å². The third-order valence-corrected chi connectivity index (χ3v) is 9.74. The minimum Gasteiger partial charge on any atom is -0.478 e. The number of nitrogens with zero attached hydrogens (tertiary/aromatic N) is 1. The fourth-order valence-corrected chi connectivity index (χ4v) is 8.10. The van der Waals surface area contributed by atoms with Gasteiger partial charge in [-0.3, -0.25) is 14.6 Å². The van der Waals surface area contributed by atoms with Crippen LogP contribution in [0.3, 0.4) is 0 Å². The SMILES string of the molecule is CC1=C[C@@]2(C)C(=CC1=O)CC[C@H]1[C@@H]3CC[C@H](C(=O)Cc4cnccc4C(=O)O)[C@@]3(C)CC[C@@H]12. The van der Waals surface area contributed by atoms with E-state index in [1.54, 1.807) is 0 Å². The Kier molecular flexibility index (Phi) is 5.22. The standard InChI is InChI=1S/C28H33NO4/c1-16-14-28(3)18(13-24(16)30)4-5-20-21-6-7-23(27(21,2)10-8-22(20)28)25(31)12-17-15-29-11-9-19(17)26(32)33/h9,11,13-15,20-23H,4-8,10,12H2,1-3H3,(H,32,33)/t20-,21-,22-,23+,27-,28-/m0/s1. The number of allylic oxidation sites excluding steroid dienone is 4. The molecule has 1 aromatic rings. The van der Waals surface area contributed by atoms with Crippen molar-refractivity contribution >= 4 is 17.5 Å². The molecule has 0 bridgehead atoms. The van der Waals surface area contributed by atoms with Gasteiger partial charge in [0.25, 0.3) is 0 Å². The molecule has 0 aromatic carbocycles. The van der Waals surface area contributed by atoms with Crippen LogP contribution in [0.15, 0.2) is 41.8 Å². The molecule has 6 atom stereocenters. The van der Waals surface area contributed by atoms with E-state index in [1.807, 2.05) is 13.0 Å². The zero-order valence-electron chi connectivity index (χ0n) is 19.8. The Morgan fingerprint density at radius 2 is 1.94 bits per heavy atom. The van der Waals surface area contributed by atoms with Crippen molar-refractivity contribution in [3.05, 3.63) is 52.9 Å². The first-order chi connectivity index (χ1) is 15.6. The number of pyridine rings is 1. The summed E-state index contributed by atoms with van der Waals surface area (Å²) in [6.07, 6.45) is 13.4. The van der Waals surface area contributed by atoms with Crippen LogP contribution in [0.25, 0.3) is 0 Å². The molecule has 0 radical (unpaired) electrons. The molecule has 1 N–H and O–H groups in total. The van der Waals surface area contributed by atoms with Crippen LogP contribution in [0.2, 0.25) is 0 Å². The maximum atomic E-state index is 13.5. The summed E-state index contributed by atoms with van der Waals surface area (Å²) in [6, 6.07) is 1.48. The molecule has 174 valence electrons. The first-order valence-electron chi connectivity index (χ1n) is 12.3. The maximum absolute atomic E-state index is 13.5. The highest BCUT2D eigenvalue weighted by atomic mass is 16.4. The number of aromatic carboxylic acids is 1. The molecule has 1 aromatic heterocycles. The van der Waals surface area contributed by atoms with Gasteiger partial charge in [-0.25, -0.2) is 4.79 Å². The van der Waals surface area contributed by atoms with Crippen LogP contribution in [0.5, 0.6) is 0 Å². The summed E-state index contributed by atoms with van der Waals surface area (Å²) < 4.78 is 0. The quantitative estimate of drug-likeness (QED) is 0.685. The number of rotatable bonds is 4. The number of Topliss-reactive ketones (excluding diaryl/α,β-unsaturated/α-hetero) is 1. The van der Waals surface area contributed by atoms with Gasteiger partial charge < -0.3 is 5.11 Å². The molecule has 5 nitrogen and oxygen atoms in total. The van der Waals surface area contributed by atoms with E-state index in [-0.39, 0.29) is 40.3 Å². The summed E-state index contributed by atoms with van der Waals surface area (Å²) in [6.45, 7) is 6.57. The van der Waals surface area contributed by atoms with E-state index in [0.717, 1.165) is 44.1 Å². The van der Waals surface area contributed by atoms with Crippen molar-refractivity contribution in [2.24, 2.45) is 34.5 Å². The molecule has 0 unspecified atom stereocenters. The molecular weight excluding hydrogens is 414 g/mol. The van der Waals surface area contributed by atoms with E-state index in [0.29, 0.717) is 23.3 Å². The number of carboxylic acids is 1. The third-order valence-electron chi connectivity index (χ3n) is 9.74. The highest BCUT2D eigenvalue weighted by Crippen LogP contribution is 2.66. The van der Waals surface area contributed by atoms with Crippen molar-refractivity contribution in [2.75, 3.05) is 0 Å². The molecule has 33 heavy (non-hydrogen) atoms. The summed E-state index contributed by atoms with van der Waals surface area (Å²) >= 11 is 0. The molecule has 0 aliphatic heterocycles. The lowest BCUT2D eigenvalue weighted by molar-refractivity contribution is -0.128. The van der Waals surface area contributed by atoms with Gasteiger partial charge in [0.15, 0.2) is 5.78 Å². The van der Waals surface area contributed by atoms with Crippen molar-refractivity contribution < 1.29 is 19.5 Å². The molecular formula is C28H33NO4. The zero-order chi connectivity index (χ0) is 23.5. The molecule has 0 saturated heterocycles. The molecule has 4 aliphatic carbocycles. The van der Waals surface area contributed by atoms with E-state index in [4.69, 9.17) is 0 Å². The van der Waals surface area contributed by atoms with Crippen LogP contribution < -0.4 is 0 Å². The summed E-state index contributed by atoms with van der Waals surface area (Å²) in [7, 11) is 0. The van der Waals surface area contributed by atoms with Gasteiger partial charge in [0, 0.05) is 30.1 Å². The average Bonchev–Trinajstić information content (AvgIpc) is 3.12. The normalized spacial score (nSPS) is 37.4. The van der Waals surface area contributed by atoms with Gasteiger partial charge in [0.1, 0.15) is 5.78 Å². The van der Waals surface area contributed by atoms with Gasteiger partial charge in [-0.2, -0.15) is 0 Å². The van der Waals surface area contributed by atoms with E-state index >= 15 is 0 Å². The smallest absolute Gasteiger partial charge is 0.336 e. The highest BCUT2D eigenvalue weighted by Gasteiger charge is 2.59. The van der Waals surface area contributed by atoms with Gasteiger partial charge >= 0.3 is 5.97 Å². The number of carboxylic acid groups (broad SMARTS) is 1. The third kappa shape index (κ3) is 3.34. The second kappa shape index (κ2) is 7.75. The minimum atomic E-state index is -1.01. The minimum absolute atomic E-state index is 0.0275. The van der Waals surface area contributed by atoms with Crippen molar-refractivity contribution in [2.45, 2.75) is 65.7 Å². The zero-order valence-corrected chi connectivity index (χ0v) is 19.8. The number of carbonyl (C=O) groups excluding carboxylic acids is 2.